The lowest BCUT2D eigenvalue weighted by molar-refractivity contribution is -0.132. The van der Waals surface area contributed by atoms with Crippen LogP contribution in [0.4, 0.5) is 5.69 Å². The van der Waals surface area contributed by atoms with Crippen LogP contribution in [0.15, 0.2) is 66.2 Å². The minimum atomic E-state index is -1.04. The zero-order valence-corrected chi connectivity index (χ0v) is 21.3. The minimum absolute atomic E-state index is 0.0977. The maximum atomic E-state index is 13.4. The summed E-state index contributed by atoms with van der Waals surface area (Å²) in [5, 5.41) is 21.8. The third-order valence-corrected chi connectivity index (χ3v) is 6.23. The number of methoxy groups -OCH3 is 1. The monoisotopic (exact) mass is 523 g/mol. The Morgan fingerprint density at radius 2 is 1.62 bits per heavy atom. The molecule has 192 valence electrons. The van der Waals surface area contributed by atoms with Crippen LogP contribution in [0.3, 0.4) is 0 Å². The quantitative estimate of drug-likeness (QED) is 0.229. The molecule has 0 aromatic heterocycles. The van der Waals surface area contributed by atoms with Gasteiger partial charge in [-0.25, -0.2) is 0 Å². The molecule has 1 atom stereocenters. The molecule has 3 aromatic carbocycles. The van der Waals surface area contributed by atoms with E-state index in [1.54, 1.807) is 43.3 Å². The van der Waals surface area contributed by atoms with E-state index in [-0.39, 0.29) is 34.3 Å². The SMILES string of the molecule is CCOc1ccc(N2C(=O)C(=O)/C(=C(/O)c3cc(OC)ccc3Cl)C2c2ccc(O)c(OCC)c2)cc1. The number of hydrogen-bond acceptors (Lipinski definition) is 7. The second kappa shape index (κ2) is 10.8. The average Bonchev–Trinajstić information content (AvgIpc) is 3.16. The van der Waals surface area contributed by atoms with E-state index >= 15 is 0 Å². The first kappa shape index (κ1) is 25.9. The lowest BCUT2D eigenvalue weighted by Gasteiger charge is -2.26. The molecule has 1 aliphatic heterocycles. The van der Waals surface area contributed by atoms with Gasteiger partial charge in [0.25, 0.3) is 11.7 Å². The maximum Gasteiger partial charge on any atom is 0.300 e. The number of aliphatic hydroxyl groups excluding tert-OH is 1. The van der Waals surface area contributed by atoms with Gasteiger partial charge in [0.1, 0.15) is 17.3 Å². The number of hydrogen-bond donors (Lipinski definition) is 2. The zero-order valence-electron chi connectivity index (χ0n) is 20.5. The van der Waals surface area contributed by atoms with Gasteiger partial charge in [-0.3, -0.25) is 14.5 Å². The molecule has 1 unspecified atom stereocenters. The van der Waals surface area contributed by atoms with Gasteiger partial charge in [-0.2, -0.15) is 0 Å². The number of phenols is 1. The molecular weight excluding hydrogens is 498 g/mol. The molecule has 1 saturated heterocycles. The summed E-state index contributed by atoms with van der Waals surface area (Å²) in [5.41, 5.74) is 0.828. The summed E-state index contributed by atoms with van der Waals surface area (Å²) in [6.45, 7) is 4.38. The number of benzene rings is 3. The number of anilines is 1. The molecule has 3 aromatic rings. The first-order valence-corrected chi connectivity index (χ1v) is 12.0. The second-order valence-corrected chi connectivity index (χ2v) is 8.51. The summed E-state index contributed by atoms with van der Waals surface area (Å²) in [4.78, 5) is 28.1. The summed E-state index contributed by atoms with van der Waals surface area (Å²) < 4.78 is 16.3. The van der Waals surface area contributed by atoms with Gasteiger partial charge in [0, 0.05) is 11.3 Å². The molecule has 4 rings (SSSR count). The Kier molecular flexibility index (Phi) is 7.59. The van der Waals surface area contributed by atoms with E-state index in [1.807, 2.05) is 6.92 Å². The van der Waals surface area contributed by atoms with Crippen molar-refractivity contribution in [1.29, 1.82) is 0 Å². The predicted molar refractivity (Wildman–Crippen MR) is 140 cm³/mol. The summed E-state index contributed by atoms with van der Waals surface area (Å²) in [6.07, 6.45) is 0. The number of ketones is 1. The number of amides is 1. The van der Waals surface area contributed by atoms with Crippen LogP contribution in [0.5, 0.6) is 23.0 Å². The number of aromatic hydroxyl groups is 1. The van der Waals surface area contributed by atoms with E-state index < -0.39 is 23.5 Å². The van der Waals surface area contributed by atoms with E-state index in [0.29, 0.717) is 29.4 Å². The smallest absolute Gasteiger partial charge is 0.300 e. The number of phenolic OH excluding ortho intramolecular Hbond substituents is 1. The molecule has 0 spiro atoms. The molecule has 0 aliphatic carbocycles. The van der Waals surface area contributed by atoms with E-state index in [0.717, 1.165) is 0 Å². The first-order valence-electron chi connectivity index (χ1n) is 11.6. The second-order valence-electron chi connectivity index (χ2n) is 8.10. The lowest BCUT2D eigenvalue weighted by atomic mass is 9.94. The molecule has 8 nitrogen and oxygen atoms in total. The Labute approximate surface area is 219 Å². The molecule has 0 saturated carbocycles. The van der Waals surface area contributed by atoms with Crippen molar-refractivity contribution in [3.63, 3.8) is 0 Å². The van der Waals surface area contributed by atoms with Gasteiger partial charge in [0.15, 0.2) is 11.5 Å². The Bertz CT molecular complexity index is 1370. The fraction of sp³-hybridized carbons (Fsp3) is 0.214. The largest absolute Gasteiger partial charge is 0.507 e. The van der Waals surface area contributed by atoms with Crippen molar-refractivity contribution in [3.8, 4) is 23.0 Å². The van der Waals surface area contributed by atoms with E-state index in [2.05, 4.69) is 0 Å². The van der Waals surface area contributed by atoms with Crippen LogP contribution in [-0.4, -0.2) is 42.2 Å². The molecule has 9 heteroatoms. The molecule has 2 N–H and O–H groups in total. The molecule has 0 radical (unpaired) electrons. The van der Waals surface area contributed by atoms with Gasteiger partial charge in [0.05, 0.1) is 37.0 Å². The summed E-state index contributed by atoms with van der Waals surface area (Å²) in [5.74, 6) is -1.08. The van der Waals surface area contributed by atoms with Crippen molar-refractivity contribution >= 4 is 34.7 Å². The van der Waals surface area contributed by atoms with E-state index in [9.17, 15) is 19.8 Å². The van der Waals surface area contributed by atoms with Gasteiger partial charge in [-0.1, -0.05) is 17.7 Å². The number of carbonyl (C=O) groups excluding carboxylic acids is 2. The van der Waals surface area contributed by atoms with Gasteiger partial charge in [-0.05, 0) is 74.0 Å². The van der Waals surface area contributed by atoms with Crippen LogP contribution in [-0.2, 0) is 9.59 Å². The van der Waals surface area contributed by atoms with Crippen LogP contribution >= 0.6 is 11.6 Å². The molecule has 1 amide bonds. The van der Waals surface area contributed by atoms with Gasteiger partial charge in [0.2, 0.25) is 0 Å². The van der Waals surface area contributed by atoms with Crippen molar-refractivity contribution in [2.24, 2.45) is 0 Å². The Balaban J connectivity index is 1.95. The average molecular weight is 524 g/mol. The predicted octanol–water partition coefficient (Wildman–Crippen LogP) is 5.48. The fourth-order valence-electron chi connectivity index (χ4n) is 4.21. The van der Waals surface area contributed by atoms with Gasteiger partial charge in [-0.15, -0.1) is 0 Å². The Morgan fingerprint density at radius 3 is 2.27 bits per heavy atom. The van der Waals surface area contributed by atoms with Crippen LogP contribution in [0, 0.1) is 0 Å². The Hall–Kier alpha value is -4.17. The summed E-state index contributed by atoms with van der Waals surface area (Å²) in [7, 11) is 1.46. The van der Waals surface area contributed by atoms with Crippen molar-refractivity contribution in [2.75, 3.05) is 25.2 Å². The highest BCUT2D eigenvalue weighted by atomic mass is 35.5. The molecule has 1 aliphatic rings. The van der Waals surface area contributed by atoms with Crippen molar-refractivity contribution in [3.05, 3.63) is 82.4 Å². The van der Waals surface area contributed by atoms with Gasteiger partial charge >= 0.3 is 0 Å². The number of carbonyl (C=O) groups is 2. The van der Waals surface area contributed by atoms with Crippen molar-refractivity contribution in [1.82, 2.24) is 0 Å². The van der Waals surface area contributed by atoms with Crippen LogP contribution in [0.25, 0.3) is 5.76 Å². The number of aliphatic hydroxyl groups is 1. The summed E-state index contributed by atoms with van der Waals surface area (Å²) >= 11 is 6.37. The first-order chi connectivity index (χ1) is 17.8. The third-order valence-electron chi connectivity index (χ3n) is 5.90. The lowest BCUT2D eigenvalue weighted by Crippen LogP contribution is -2.29. The number of Topliss-reactive ketones (excluding diaryl/α,β-unsaturated/α-hetero) is 1. The number of ether oxygens (including phenoxy) is 3. The summed E-state index contributed by atoms with van der Waals surface area (Å²) in [6, 6.07) is 14.8. The molecule has 37 heavy (non-hydrogen) atoms. The molecule has 1 fully saturated rings. The highest BCUT2D eigenvalue weighted by molar-refractivity contribution is 6.52. The highest BCUT2D eigenvalue weighted by Crippen LogP contribution is 2.45. The third kappa shape index (κ3) is 4.93. The van der Waals surface area contributed by atoms with E-state index in [1.165, 1.54) is 36.3 Å². The molecular formula is C28H26ClNO7. The fourth-order valence-corrected chi connectivity index (χ4v) is 4.42. The topological polar surface area (TPSA) is 106 Å². The van der Waals surface area contributed by atoms with Crippen molar-refractivity contribution < 1.29 is 34.0 Å². The zero-order chi connectivity index (χ0) is 26.7. The highest BCUT2D eigenvalue weighted by Gasteiger charge is 2.47. The Morgan fingerprint density at radius 1 is 0.946 bits per heavy atom. The number of nitrogens with zero attached hydrogens (tertiary/aromatic N) is 1. The number of halogens is 1. The molecule has 1 heterocycles. The van der Waals surface area contributed by atoms with Gasteiger partial charge < -0.3 is 24.4 Å². The molecule has 0 bridgehead atoms. The van der Waals surface area contributed by atoms with Crippen molar-refractivity contribution in [2.45, 2.75) is 19.9 Å². The van der Waals surface area contributed by atoms with E-state index in [4.69, 9.17) is 25.8 Å². The number of rotatable bonds is 8. The minimum Gasteiger partial charge on any atom is -0.507 e. The normalized spacial score (nSPS) is 16.6. The van der Waals surface area contributed by atoms with Crippen LogP contribution in [0.1, 0.15) is 31.0 Å². The van der Waals surface area contributed by atoms with Crippen LogP contribution in [0.2, 0.25) is 5.02 Å². The maximum absolute atomic E-state index is 13.4. The van der Waals surface area contributed by atoms with Crippen LogP contribution < -0.4 is 19.1 Å². The standard InChI is InChI=1S/C28H26ClNO7/c1-4-36-18-9-7-17(8-10-18)30-25(16-6-13-22(31)23(14-16)37-5-2)24(27(33)28(30)34)26(32)20-15-19(35-3)11-12-21(20)29/h6-15,25,31-32H,4-5H2,1-3H3/b26-24+.